The number of amides is 2. The Labute approximate surface area is 123 Å². The van der Waals surface area contributed by atoms with Gasteiger partial charge in [0.2, 0.25) is 11.8 Å². The molecule has 1 aromatic rings. The van der Waals surface area contributed by atoms with Crippen molar-refractivity contribution in [2.24, 2.45) is 5.92 Å². The lowest BCUT2D eigenvalue weighted by Crippen LogP contribution is -2.52. The molecule has 2 amide bonds. The molecule has 1 heterocycles. The summed E-state index contributed by atoms with van der Waals surface area (Å²) in [7, 11) is 1.48. The minimum Gasteiger partial charge on any atom is -0.481 e. The first-order valence-electron chi connectivity index (χ1n) is 6.74. The second-order valence-electron chi connectivity index (χ2n) is 5.31. The Bertz CT molecular complexity index is 550. The van der Waals surface area contributed by atoms with Crippen molar-refractivity contribution in [1.82, 2.24) is 4.90 Å². The van der Waals surface area contributed by atoms with Crippen LogP contribution in [0.2, 0.25) is 0 Å². The van der Waals surface area contributed by atoms with E-state index in [1.165, 1.54) is 7.05 Å². The van der Waals surface area contributed by atoms with Crippen LogP contribution in [-0.4, -0.2) is 47.9 Å². The number of likely N-dealkylation sites (N-methyl/N-ethyl adjacent to an activating group) is 1. The first-order valence-corrected chi connectivity index (χ1v) is 6.74. The number of hydrogen-bond donors (Lipinski definition) is 1. The average molecular weight is 290 g/mol. The van der Waals surface area contributed by atoms with E-state index >= 15 is 0 Å². The summed E-state index contributed by atoms with van der Waals surface area (Å²) in [5.74, 6) is -1.72. The van der Waals surface area contributed by atoms with Gasteiger partial charge in [0.05, 0.1) is 19.0 Å². The van der Waals surface area contributed by atoms with Crippen LogP contribution in [0.15, 0.2) is 24.3 Å². The minimum absolute atomic E-state index is 0.174. The molecule has 6 nitrogen and oxygen atoms in total. The number of imide groups is 1. The number of carboxylic acids is 1. The molecule has 0 saturated carbocycles. The number of hydrogen-bond acceptors (Lipinski definition) is 4. The van der Waals surface area contributed by atoms with Crippen molar-refractivity contribution in [3.8, 4) is 0 Å². The lowest BCUT2D eigenvalue weighted by molar-refractivity contribution is -0.144. The highest BCUT2D eigenvalue weighted by molar-refractivity contribution is 6.02. The van der Waals surface area contributed by atoms with Gasteiger partial charge < -0.3 is 10.0 Å². The molecule has 0 aromatic heterocycles. The van der Waals surface area contributed by atoms with Gasteiger partial charge in [0, 0.05) is 12.7 Å². The SMILES string of the molecule is CC(Cc1ccc(N2CC(=O)N(C)C(=O)C2)cc1)C(=O)O. The van der Waals surface area contributed by atoms with E-state index < -0.39 is 11.9 Å². The van der Waals surface area contributed by atoms with Gasteiger partial charge >= 0.3 is 5.97 Å². The molecular formula is C15H18N2O4. The van der Waals surface area contributed by atoms with Crippen molar-refractivity contribution in [2.45, 2.75) is 13.3 Å². The first kappa shape index (κ1) is 15.0. The van der Waals surface area contributed by atoms with Crippen molar-refractivity contribution in [1.29, 1.82) is 0 Å². The summed E-state index contributed by atoms with van der Waals surface area (Å²) in [5, 5.41) is 8.90. The van der Waals surface area contributed by atoms with Crippen molar-refractivity contribution < 1.29 is 19.5 Å². The number of carboxylic acid groups (broad SMARTS) is 1. The van der Waals surface area contributed by atoms with Gasteiger partial charge in [-0.1, -0.05) is 19.1 Å². The van der Waals surface area contributed by atoms with E-state index in [9.17, 15) is 14.4 Å². The summed E-state index contributed by atoms with van der Waals surface area (Å²) < 4.78 is 0. The molecule has 0 aliphatic carbocycles. The lowest BCUT2D eigenvalue weighted by Gasteiger charge is -2.32. The van der Waals surface area contributed by atoms with Crippen molar-refractivity contribution in [2.75, 3.05) is 25.0 Å². The highest BCUT2D eigenvalue weighted by Gasteiger charge is 2.28. The van der Waals surface area contributed by atoms with Crippen LogP contribution < -0.4 is 4.90 Å². The van der Waals surface area contributed by atoms with Gasteiger partial charge in [-0.15, -0.1) is 0 Å². The maximum atomic E-state index is 11.7. The normalized spacial score (nSPS) is 17.0. The Kier molecular flexibility index (Phi) is 4.26. The largest absolute Gasteiger partial charge is 0.481 e. The van der Waals surface area contributed by atoms with Crippen LogP contribution in [0, 0.1) is 5.92 Å². The predicted octanol–water partition coefficient (Wildman–Crippen LogP) is 0.755. The molecule has 1 saturated heterocycles. The van der Waals surface area contributed by atoms with Gasteiger partial charge in [0.25, 0.3) is 0 Å². The topological polar surface area (TPSA) is 77.9 Å². The standard InChI is InChI=1S/C15H18N2O4/c1-10(15(20)21)7-11-3-5-12(6-4-11)17-8-13(18)16(2)14(19)9-17/h3-6,10H,7-9H2,1-2H3,(H,20,21). The number of rotatable bonds is 4. The van der Waals surface area contributed by atoms with E-state index in [0.29, 0.717) is 6.42 Å². The fourth-order valence-electron chi connectivity index (χ4n) is 2.20. The highest BCUT2D eigenvalue weighted by Crippen LogP contribution is 2.19. The number of aliphatic carboxylic acids is 1. The fourth-order valence-corrected chi connectivity index (χ4v) is 2.20. The molecule has 112 valence electrons. The second-order valence-corrected chi connectivity index (χ2v) is 5.31. The number of carbonyl (C=O) groups excluding carboxylic acids is 2. The maximum absolute atomic E-state index is 11.7. The van der Waals surface area contributed by atoms with Gasteiger partial charge in [-0.3, -0.25) is 19.3 Å². The van der Waals surface area contributed by atoms with E-state index in [-0.39, 0.29) is 24.9 Å². The summed E-state index contributed by atoms with van der Waals surface area (Å²) in [6, 6.07) is 7.30. The molecule has 0 bridgehead atoms. The second kappa shape index (κ2) is 5.95. The Morgan fingerprint density at radius 2 is 1.71 bits per heavy atom. The molecule has 1 fully saturated rings. The van der Waals surface area contributed by atoms with E-state index in [2.05, 4.69) is 0 Å². The Balaban J connectivity index is 2.07. The summed E-state index contributed by atoms with van der Waals surface area (Å²) in [4.78, 5) is 37.0. The molecule has 6 heteroatoms. The van der Waals surface area contributed by atoms with Gasteiger partial charge in [-0.2, -0.15) is 0 Å². The zero-order valence-electron chi connectivity index (χ0n) is 12.1. The van der Waals surface area contributed by atoms with Crippen molar-refractivity contribution in [3.63, 3.8) is 0 Å². The van der Waals surface area contributed by atoms with Crippen LogP contribution in [-0.2, 0) is 20.8 Å². The number of anilines is 1. The molecule has 1 atom stereocenters. The zero-order valence-corrected chi connectivity index (χ0v) is 12.1. The third-order valence-corrected chi connectivity index (χ3v) is 3.67. The fraction of sp³-hybridized carbons (Fsp3) is 0.400. The summed E-state index contributed by atoms with van der Waals surface area (Å²) >= 11 is 0. The molecule has 1 aliphatic rings. The Hall–Kier alpha value is -2.37. The number of benzene rings is 1. The number of piperazine rings is 1. The third kappa shape index (κ3) is 3.39. The Morgan fingerprint density at radius 3 is 2.19 bits per heavy atom. The molecule has 0 spiro atoms. The molecule has 1 aliphatic heterocycles. The quantitative estimate of drug-likeness (QED) is 0.828. The Morgan fingerprint density at radius 1 is 1.19 bits per heavy atom. The molecule has 1 aromatic carbocycles. The molecule has 1 unspecified atom stereocenters. The minimum atomic E-state index is -0.825. The third-order valence-electron chi connectivity index (χ3n) is 3.67. The van der Waals surface area contributed by atoms with Crippen molar-refractivity contribution in [3.05, 3.63) is 29.8 Å². The van der Waals surface area contributed by atoms with E-state index in [1.54, 1.807) is 11.8 Å². The van der Waals surface area contributed by atoms with Crippen LogP contribution >= 0.6 is 0 Å². The molecule has 0 radical (unpaired) electrons. The van der Waals surface area contributed by atoms with Gasteiger partial charge in [-0.05, 0) is 24.1 Å². The van der Waals surface area contributed by atoms with Crippen molar-refractivity contribution >= 4 is 23.5 Å². The summed E-state index contributed by atoms with van der Waals surface area (Å²) in [5.41, 5.74) is 1.71. The summed E-state index contributed by atoms with van der Waals surface area (Å²) in [6.07, 6.45) is 0.455. The van der Waals surface area contributed by atoms with Crippen LogP contribution in [0.4, 0.5) is 5.69 Å². The van der Waals surface area contributed by atoms with Crippen LogP contribution in [0.1, 0.15) is 12.5 Å². The van der Waals surface area contributed by atoms with Crippen LogP contribution in [0.3, 0.4) is 0 Å². The predicted molar refractivity (Wildman–Crippen MR) is 76.9 cm³/mol. The first-order chi connectivity index (χ1) is 9.88. The molecule has 1 N–H and O–H groups in total. The number of carbonyl (C=O) groups is 3. The smallest absolute Gasteiger partial charge is 0.306 e. The summed E-state index contributed by atoms with van der Waals surface area (Å²) in [6.45, 7) is 2.01. The van der Waals surface area contributed by atoms with E-state index in [0.717, 1.165) is 16.2 Å². The van der Waals surface area contributed by atoms with Gasteiger partial charge in [0.1, 0.15) is 0 Å². The van der Waals surface area contributed by atoms with E-state index in [1.807, 2.05) is 24.3 Å². The maximum Gasteiger partial charge on any atom is 0.306 e. The van der Waals surface area contributed by atoms with Gasteiger partial charge in [-0.25, -0.2) is 0 Å². The number of nitrogens with zero attached hydrogens (tertiary/aromatic N) is 2. The van der Waals surface area contributed by atoms with Gasteiger partial charge in [0.15, 0.2) is 0 Å². The molecular weight excluding hydrogens is 272 g/mol. The van der Waals surface area contributed by atoms with Crippen LogP contribution in [0.5, 0.6) is 0 Å². The molecule has 21 heavy (non-hydrogen) atoms. The van der Waals surface area contributed by atoms with E-state index in [4.69, 9.17) is 5.11 Å². The molecule has 2 rings (SSSR count). The zero-order chi connectivity index (χ0) is 15.6. The lowest BCUT2D eigenvalue weighted by atomic mass is 10.0. The average Bonchev–Trinajstić information content (AvgIpc) is 2.45. The van der Waals surface area contributed by atoms with Crippen LogP contribution in [0.25, 0.3) is 0 Å². The monoisotopic (exact) mass is 290 g/mol. The highest BCUT2D eigenvalue weighted by atomic mass is 16.4.